The maximum absolute atomic E-state index is 10.6. The van der Waals surface area contributed by atoms with Crippen LogP contribution in [0, 0.1) is 0 Å². The van der Waals surface area contributed by atoms with Crippen LogP contribution in [0.5, 0.6) is 0 Å². The Morgan fingerprint density at radius 2 is 2.06 bits per heavy atom. The molecule has 0 aliphatic carbocycles. The smallest absolute Gasteiger partial charge is 0.394 e. The summed E-state index contributed by atoms with van der Waals surface area (Å²) in [6.07, 6.45) is -6.73. The predicted molar refractivity (Wildman–Crippen MR) is 51.7 cm³/mol. The molecule has 0 aromatic carbocycles. The second-order valence-electron chi connectivity index (χ2n) is 3.51. The number of hydrogen-bond donors (Lipinski definition) is 5. The van der Waals surface area contributed by atoms with Crippen LogP contribution >= 0.6 is 7.82 Å². The van der Waals surface area contributed by atoms with Gasteiger partial charge in [0.25, 0.3) is 0 Å². The molecule has 17 heavy (non-hydrogen) atoms. The van der Waals surface area contributed by atoms with Gasteiger partial charge >= 0.3 is 7.82 Å². The highest BCUT2D eigenvalue weighted by molar-refractivity contribution is 7.46. The van der Waals surface area contributed by atoms with E-state index in [1.54, 1.807) is 0 Å². The van der Waals surface area contributed by atoms with Crippen molar-refractivity contribution in [1.82, 2.24) is 0 Å². The summed E-state index contributed by atoms with van der Waals surface area (Å²) in [5, 5.41) is 27.7. The molecule has 0 radical (unpaired) electrons. The topological polar surface area (TPSA) is 146 Å². The van der Waals surface area contributed by atoms with Gasteiger partial charge in [0.15, 0.2) is 6.29 Å². The highest BCUT2D eigenvalue weighted by atomic mass is 31.2. The van der Waals surface area contributed by atoms with Crippen LogP contribution in [0.2, 0.25) is 0 Å². The van der Waals surface area contributed by atoms with Crippen LogP contribution in [0.1, 0.15) is 0 Å². The molecule has 10 heteroatoms. The largest absolute Gasteiger partial charge is 0.472 e. The first-order valence-electron chi connectivity index (χ1n) is 4.69. The predicted octanol–water partition coefficient (Wildman–Crippen LogP) is -2.45. The lowest BCUT2D eigenvalue weighted by Gasteiger charge is -2.19. The van der Waals surface area contributed by atoms with Crippen LogP contribution in [0.3, 0.4) is 0 Å². The van der Waals surface area contributed by atoms with E-state index in [1.807, 2.05) is 0 Å². The third kappa shape index (κ3) is 3.68. The first kappa shape index (κ1) is 15.0. The van der Waals surface area contributed by atoms with Gasteiger partial charge in [-0.25, -0.2) is 4.57 Å². The van der Waals surface area contributed by atoms with Gasteiger partial charge < -0.3 is 34.6 Å². The molecule has 0 unspecified atom stereocenters. The molecule has 102 valence electrons. The molecule has 1 rings (SSSR count). The fourth-order valence-corrected chi connectivity index (χ4v) is 1.99. The average molecular weight is 274 g/mol. The third-order valence-electron chi connectivity index (χ3n) is 2.31. The first-order valence-corrected chi connectivity index (χ1v) is 6.22. The van der Waals surface area contributed by atoms with Gasteiger partial charge in [-0.05, 0) is 0 Å². The van der Waals surface area contributed by atoms with E-state index in [9.17, 15) is 14.8 Å². The summed E-state index contributed by atoms with van der Waals surface area (Å²) in [7, 11) is -3.64. The summed E-state index contributed by atoms with van der Waals surface area (Å²) in [5.41, 5.74) is 0. The van der Waals surface area contributed by atoms with Crippen LogP contribution in [-0.4, -0.2) is 69.5 Å². The maximum Gasteiger partial charge on any atom is 0.472 e. The molecule has 0 bridgehead atoms. The van der Waals surface area contributed by atoms with Crippen molar-refractivity contribution in [1.29, 1.82) is 0 Å². The zero-order valence-electron chi connectivity index (χ0n) is 8.91. The summed E-state index contributed by atoms with van der Waals surface area (Å²) in [6.45, 7) is -0.680. The van der Waals surface area contributed by atoms with Gasteiger partial charge in [0.1, 0.15) is 24.4 Å². The van der Waals surface area contributed by atoms with Gasteiger partial charge in [-0.3, -0.25) is 4.52 Å². The van der Waals surface area contributed by atoms with Crippen LogP contribution in [0.25, 0.3) is 0 Å². The van der Waals surface area contributed by atoms with Crippen molar-refractivity contribution < 1.29 is 43.7 Å². The minimum Gasteiger partial charge on any atom is -0.394 e. The number of aliphatic hydroxyl groups is 3. The normalized spacial score (nSPS) is 36.1. The molecule has 0 spiro atoms. The third-order valence-corrected chi connectivity index (χ3v) is 2.79. The molecule has 1 aliphatic rings. The molecule has 0 amide bonds. The standard InChI is InChI=1S/C7H15O9P/c1-14-6-4(10)5(3(9)2-8)15-7(6)16-17(11,12)13/h3-10H,2H2,1H3,(H2,11,12,13)/t3-,4+,5+,6-,7-/m1/s1. The molecular weight excluding hydrogens is 259 g/mol. The molecule has 1 heterocycles. The Morgan fingerprint density at radius 1 is 1.47 bits per heavy atom. The van der Waals surface area contributed by atoms with Gasteiger partial charge in [-0.2, -0.15) is 0 Å². The van der Waals surface area contributed by atoms with Crippen molar-refractivity contribution >= 4 is 7.82 Å². The Kier molecular flexibility index (Phi) is 5.02. The van der Waals surface area contributed by atoms with E-state index < -0.39 is 45.1 Å². The highest BCUT2D eigenvalue weighted by Gasteiger charge is 2.49. The number of hydrogen-bond acceptors (Lipinski definition) is 7. The SMILES string of the molecule is CO[C@H]1[C@@H](OP(=O)(O)O)O[C@@H]([C@H](O)CO)[C@@H]1O. The molecule has 5 atom stereocenters. The van der Waals surface area contributed by atoms with Crippen LogP contribution in [0.4, 0.5) is 0 Å². The molecule has 1 aliphatic heterocycles. The molecule has 0 aromatic rings. The number of rotatable bonds is 5. The quantitative estimate of drug-likeness (QED) is 0.345. The van der Waals surface area contributed by atoms with Gasteiger partial charge in [-0.1, -0.05) is 0 Å². The fourth-order valence-electron chi connectivity index (χ4n) is 1.55. The van der Waals surface area contributed by atoms with Crippen molar-refractivity contribution in [2.24, 2.45) is 0 Å². The Labute approximate surface area is 96.8 Å². The Bertz CT molecular complexity index is 291. The summed E-state index contributed by atoms with van der Waals surface area (Å²) in [4.78, 5) is 17.2. The van der Waals surface area contributed by atoms with Crippen molar-refractivity contribution in [3.63, 3.8) is 0 Å². The number of phosphoric acid groups is 1. The fraction of sp³-hybridized carbons (Fsp3) is 1.00. The summed E-state index contributed by atoms with van der Waals surface area (Å²) in [5.74, 6) is 0. The molecule has 1 fully saturated rings. The zero-order chi connectivity index (χ0) is 13.2. The average Bonchev–Trinajstić information content (AvgIpc) is 2.51. The Hall–Kier alpha value is -0.0900. The van der Waals surface area contributed by atoms with E-state index in [4.69, 9.17) is 24.4 Å². The first-order chi connectivity index (χ1) is 7.80. The monoisotopic (exact) mass is 274 g/mol. The van der Waals surface area contributed by atoms with Crippen molar-refractivity contribution in [2.75, 3.05) is 13.7 Å². The summed E-state index contributed by atoms with van der Waals surface area (Å²) in [6, 6.07) is 0. The second-order valence-corrected chi connectivity index (χ2v) is 4.70. The lowest BCUT2D eigenvalue weighted by atomic mass is 10.1. The van der Waals surface area contributed by atoms with Crippen LogP contribution < -0.4 is 0 Å². The summed E-state index contributed by atoms with van der Waals surface area (Å²) >= 11 is 0. The molecule has 0 saturated carbocycles. The molecule has 5 N–H and O–H groups in total. The number of methoxy groups -OCH3 is 1. The molecule has 0 aromatic heterocycles. The van der Waals surface area contributed by atoms with Crippen LogP contribution in [-0.2, 0) is 18.6 Å². The minimum absolute atomic E-state index is 0.680. The van der Waals surface area contributed by atoms with Gasteiger partial charge in [0.2, 0.25) is 0 Å². The highest BCUT2D eigenvalue weighted by Crippen LogP contribution is 2.42. The van der Waals surface area contributed by atoms with Gasteiger partial charge in [0, 0.05) is 7.11 Å². The molecule has 9 nitrogen and oxygen atoms in total. The van der Waals surface area contributed by atoms with Crippen LogP contribution in [0.15, 0.2) is 0 Å². The van der Waals surface area contributed by atoms with Crippen molar-refractivity contribution in [3.05, 3.63) is 0 Å². The van der Waals surface area contributed by atoms with E-state index in [2.05, 4.69) is 4.52 Å². The number of ether oxygens (including phenoxy) is 2. The van der Waals surface area contributed by atoms with Gasteiger partial charge in [0.05, 0.1) is 6.61 Å². The van der Waals surface area contributed by atoms with E-state index >= 15 is 0 Å². The number of phosphoric ester groups is 1. The van der Waals surface area contributed by atoms with Gasteiger partial charge in [-0.15, -0.1) is 0 Å². The van der Waals surface area contributed by atoms with E-state index in [1.165, 1.54) is 7.11 Å². The summed E-state index contributed by atoms with van der Waals surface area (Å²) < 4.78 is 24.6. The van der Waals surface area contributed by atoms with E-state index in [-0.39, 0.29) is 0 Å². The molecular formula is C7H15O9P. The van der Waals surface area contributed by atoms with Crippen molar-refractivity contribution in [3.8, 4) is 0 Å². The number of aliphatic hydroxyl groups excluding tert-OH is 3. The lowest BCUT2D eigenvalue weighted by molar-refractivity contribution is -0.148. The zero-order valence-corrected chi connectivity index (χ0v) is 9.80. The van der Waals surface area contributed by atoms with E-state index in [0.29, 0.717) is 0 Å². The van der Waals surface area contributed by atoms with E-state index in [0.717, 1.165) is 0 Å². The Balaban J connectivity index is 2.76. The lowest BCUT2D eigenvalue weighted by Crippen LogP contribution is -2.41. The Morgan fingerprint density at radius 3 is 2.47 bits per heavy atom. The molecule has 1 saturated heterocycles. The van der Waals surface area contributed by atoms with Crippen molar-refractivity contribution in [2.45, 2.75) is 30.7 Å². The minimum atomic E-state index is -4.82. The second kappa shape index (κ2) is 5.70. The maximum atomic E-state index is 10.6.